The molecule has 1 unspecified atom stereocenters. The summed E-state index contributed by atoms with van der Waals surface area (Å²) in [5.74, 6) is 0.303. The highest BCUT2D eigenvalue weighted by molar-refractivity contribution is 14.0. The van der Waals surface area contributed by atoms with Crippen LogP contribution in [0.5, 0.6) is 0 Å². The number of aromatic nitrogens is 1. The van der Waals surface area contributed by atoms with Crippen molar-refractivity contribution in [2.24, 2.45) is 4.99 Å². The van der Waals surface area contributed by atoms with Gasteiger partial charge in [-0.05, 0) is 45.4 Å². The number of nitrogens with one attached hydrogen (secondary N) is 2. The first-order valence-corrected chi connectivity index (χ1v) is 9.98. The van der Waals surface area contributed by atoms with Crippen molar-refractivity contribution in [3.05, 3.63) is 51.0 Å². The van der Waals surface area contributed by atoms with Crippen molar-refractivity contribution in [3.8, 4) is 6.07 Å². The number of nitriles is 1. The van der Waals surface area contributed by atoms with Crippen molar-refractivity contribution in [1.82, 2.24) is 15.6 Å². The standard InChI is InChI=1S/C20H25N5O2S.HI/c1-5-22-20(23-12-16-9-7-8-15(10-16)11-21)25-14(4)18-24-13(3)17(28-18)19(26)27-6-2;/h7-10,14H,5-6,12H2,1-4H3,(H2,22,23,25);1H. The van der Waals surface area contributed by atoms with Crippen molar-refractivity contribution in [2.45, 2.75) is 40.3 Å². The third kappa shape index (κ3) is 7.29. The van der Waals surface area contributed by atoms with Gasteiger partial charge in [-0.25, -0.2) is 14.8 Å². The molecule has 1 atom stereocenters. The number of carbonyl (C=O) groups excluding carboxylic acids is 1. The normalized spacial score (nSPS) is 11.8. The van der Waals surface area contributed by atoms with Gasteiger partial charge in [0.15, 0.2) is 5.96 Å². The molecule has 0 spiro atoms. The fraction of sp³-hybridized carbons (Fsp3) is 0.400. The number of carbonyl (C=O) groups is 1. The summed E-state index contributed by atoms with van der Waals surface area (Å²) in [6.45, 7) is 9.04. The maximum atomic E-state index is 12.0. The summed E-state index contributed by atoms with van der Waals surface area (Å²) in [5.41, 5.74) is 2.24. The first kappa shape index (κ1) is 24.8. The highest BCUT2D eigenvalue weighted by atomic mass is 127. The molecule has 0 bridgehead atoms. The molecule has 1 aromatic heterocycles. The summed E-state index contributed by atoms with van der Waals surface area (Å²) in [5, 5.41) is 16.3. The number of guanidine groups is 1. The van der Waals surface area contributed by atoms with E-state index < -0.39 is 0 Å². The Morgan fingerprint density at radius 2 is 2.17 bits per heavy atom. The number of aliphatic imine (C=N–C) groups is 1. The van der Waals surface area contributed by atoms with Gasteiger partial charge in [-0.3, -0.25) is 0 Å². The topological polar surface area (TPSA) is 99.4 Å². The van der Waals surface area contributed by atoms with Gasteiger partial charge < -0.3 is 15.4 Å². The van der Waals surface area contributed by atoms with Gasteiger partial charge in [0.2, 0.25) is 0 Å². The Morgan fingerprint density at radius 1 is 1.41 bits per heavy atom. The summed E-state index contributed by atoms with van der Waals surface area (Å²) < 4.78 is 5.08. The van der Waals surface area contributed by atoms with Crippen molar-refractivity contribution in [3.63, 3.8) is 0 Å². The van der Waals surface area contributed by atoms with Crippen molar-refractivity contribution in [1.29, 1.82) is 5.26 Å². The van der Waals surface area contributed by atoms with Crippen molar-refractivity contribution < 1.29 is 9.53 Å². The van der Waals surface area contributed by atoms with E-state index in [-0.39, 0.29) is 36.0 Å². The lowest BCUT2D eigenvalue weighted by Gasteiger charge is -2.16. The lowest BCUT2D eigenvalue weighted by atomic mass is 10.1. The predicted octanol–water partition coefficient (Wildman–Crippen LogP) is 3.93. The van der Waals surface area contributed by atoms with E-state index in [1.54, 1.807) is 19.9 Å². The van der Waals surface area contributed by atoms with Gasteiger partial charge >= 0.3 is 5.97 Å². The van der Waals surface area contributed by atoms with Crippen LogP contribution in [0.2, 0.25) is 0 Å². The zero-order chi connectivity index (χ0) is 20.5. The molecule has 0 aliphatic heterocycles. The SMILES string of the molecule is CCNC(=NCc1cccc(C#N)c1)NC(C)c1nc(C)c(C(=O)OCC)s1.I. The Hall–Kier alpha value is -2.19. The Labute approximate surface area is 192 Å². The first-order chi connectivity index (χ1) is 13.5. The molecule has 0 fully saturated rings. The summed E-state index contributed by atoms with van der Waals surface area (Å²) >= 11 is 1.33. The van der Waals surface area contributed by atoms with E-state index in [2.05, 4.69) is 26.7 Å². The van der Waals surface area contributed by atoms with Crippen LogP contribution in [-0.4, -0.2) is 30.1 Å². The predicted molar refractivity (Wildman–Crippen MR) is 126 cm³/mol. The Bertz CT molecular complexity index is 891. The average molecular weight is 527 g/mol. The molecule has 0 aliphatic carbocycles. The maximum absolute atomic E-state index is 12.0. The lowest BCUT2D eigenvalue weighted by molar-refractivity contribution is 0.0531. The molecule has 0 radical (unpaired) electrons. The molecule has 156 valence electrons. The number of hydrogen-bond donors (Lipinski definition) is 2. The lowest BCUT2D eigenvalue weighted by Crippen LogP contribution is -2.38. The van der Waals surface area contributed by atoms with Gasteiger partial charge in [0.1, 0.15) is 9.88 Å². The molecule has 29 heavy (non-hydrogen) atoms. The monoisotopic (exact) mass is 527 g/mol. The van der Waals surface area contributed by atoms with Crippen LogP contribution in [0.15, 0.2) is 29.3 Å². The van der Waals surface area contributed by atoms with Gasteiger partial charge in [-0.1, -0.05) is 12.1 Å². The zero-order valence-corrected chi connectivity index (χ0v) is 20.1. The summed E-state index contributed by atoms with van der Waals surface area (Å²) in [4.78, 5) is 21.6. The molecule has 0 saturated heterocycles. The number of rotatable bonds is 7. The number of halogens is 1. The minimum Gasteiger partial charge on any atom is -0.462 e. The Morgan fingerprint density at radius 3 is 2.83 bits per heavy atom. The van der Waals surface area contributed by atoms with Gasteiger partial charge in [0.25, 0.3) is 0 Å². The smallest absolute Gasteiger partial charge is 0.350 e. The Balaban J connectivity index is 0.00000420. The average Bonchev–Trinajstić information content (AvgIpc) is 3.08. The Kier molecular flexibility index (Phi) is 10.6. The third-order valence-corrected chi connectivity index (χ3v) is 5.14. The number of aryl methyl sites for hydroxylation is 1. The quantitative estimate of drug-likeness (QED) is 0.245. The van der Waals surface area contributed by atoms with Gasteiger partial charge in [0.05, 0.1) is 36.5 Å². The van der Waals surface area contributed by atoms with Crippen LogP contribution in [0.25, 0.3) is 0 Å². The molecule has 0 aliphatic rings. The minimum absolute atomic E-state index is 0. The molecule has 7 nitrogen and oxygen atoms in total. The van der Waals surface area contributed by atoms with E-state index in [1.165, 1.54) is 11.3 Å². The van der Waals surface area contributed by atoms with E-state index >= 15 is 0 Å². The fourth-order valence-corrected chi connectivity index (χ4v) is 3.45. The minimum atomic E-state index is -0.339. The summed E-state index contributed by atoms with van der Waals surface area (Å²) in [6, 6.07) is 9.39. The molecular formula is C20H26IN5O2S. The van der Waals surface area contributed by atoms with E-state index in [0.717, 1.165) is 10.6 Å². The van der Waals surface area contributed by atoms with Crippen LogP contribution >= 0.6 is 35.3 Å². The van der Waals surface area contributed by atoms with Crippen LogP contribution in [0, 0.1) is 18.3 Å². The molecular weight excluding hydrogens is 501 g/mol. The number of ether oxygens (including phenoxy) is 1. The highest BCUT2D eigenvalue weighted by Gasteiger charge is 2.20. The van der Waals surface area contributed by atoms with Crippen LogP contribution in [0.4, 0.5) is 0 Å². The van der Waals surface area contributed by atoms with Crippen molar-refractivity contribution in [2.75, 3.05) is 13.2 Å². The molecule has 1 aromatic carbocycles. The number of hydrogen-bond acceptors (Lipinski definition) is 6. The van der Waals surface area contributed by atoms with Crippen LogP contribution in [0.1, 0.15) is 58.3 Å². The number of esters is 1. The maximum Gasteiger partial charge on any atom is 0.350 e. The van der Waals surface area contributed by atoms with Gasteiger partial charge in [-0.15, -0.1) is 35.3 Å². The summed E-state index contributed by atoms with van der Waals surface area (Å²) in [6.07, 6.45) is 0. The zero-order valence-electron chi connectivity index (χ0n) is 17.0. The van der Waals surface area contributed by atoms with E-state index in [0.29, 0.717) is 41.8 Å². The second-order valence-electron chi connectivity index (χ2n) is 6.06. The van der Waals surface area contributed by atoms with E-state index in [1.807, 2.05) is 32.0 Å². The molecule has 9 heteroatoms. The number of nitrogens with zero attached hydrogens (tertiary/aromatic N) is 3. The van der Waals surface area contributed by atoms with Gasteiger partial charge in [-0.2, -0.15) is 5.26 Å². The van der Waals surface area contributed by atoms with Crippen molar-refractivity contribution >= 4 is 47.2 Å². The molecule has 2 rings (SSSR count). The van der Waals surface area contributed by atoms with Crippen LogP contribution in [-0.2, 0) is 11.3 Å². The molecule has 1 heterocycles. The van der Waals surface area contributed by atoms with E-state index in [9.17, 15) is 4.79 Å². The largest absolute Gasteiger partial charge is 0.462 e. The highest BCUT2D eigenvalue weighted by Crippen LogP contribution is 2.24. The molecule has 0 saturated carbocycles. The van der Waals surface area contributed by atoms with Crippen LogP contribution < -0.4 is 10.6 Å². The van der Waals surface area contributed by atoms with Gasteiger partial charge in [0, 0.05) is 6.54 Å². The fourth-order valence-electron chi connectivity index (χ4n) is 2.48. The number of thiazole rings is 1. The summed E-state index contributed by atoms with van der Waals surface area (Å²) in [7, 11) is 0. The molecule has 2 aromatic rings. The second-order valence-corrected chi connectivity index (χ2v) is 7.09. The molecule has 0 amide bonds. The second kappa shape index (κ2) is 12.4. The molecule has 2 N–H and O–H groups in total. The van der Waals surface area contributed by atoms with E-state index in [4.69, 9.17) is 10.00 Å². The number of benzene rings is 1. The van der Waals surface area contributed by atoms with Crippen LogP contribution in [0.3, 0.4) is 0 Å². The first-order valence-electron chi connectivity index (χ1n) is 9.16. The third-order valence-electron chi connectivity index (χ3n) is 3.82.